The van der Waals surface area contributed by atoms with E-state index in [-0.39, 0.29) is 3.57 Å². The number of nitrogens with one attached hydrogen (secondary N) is 2. The van der Waals surface area contributed by atoms with Crippen molar-refractivity contribution in [1.29, 1.82) is 0 Å². The van der Waals surface area contributed by atoms with Crippen molar-refractivity contribution in [2.75, 3.05) is 10.2 Å². The first-order valence-corrected chi connectivity index (χ1v) is 11.0. The van der Waals surface area contributed by atoms with Crippen LogP contribution in [-0.4, -0.2) is 23.5 Å². The summed E-state index contributed by atoms with van der Waals surface area (Å²) < 4.78 is 34.8. The first-order chi connectivity index (χ1) is 9.95. The molecule has 0 aliphatic carbocycles. The zero-order valence-electron chi connectivity index (χ0n) is 11.0. The van der Waals surface area contributed by atoms with E-state index in [1.165, 1.54) is 17.1 Å². The predicted octanol–water partition coefficient (Wildman–Crippen LogP) is 2.93. The molecule has 21 heavy (non-hydrogen) atoms. The van der Waals surface area contributed by atoms with E-state index in [4.69, 9.17) is 0 Å². The van der Waals surface area contributed by atoms with Crippen molar-refractivity contribution >= 4 is 41.4 Å². The van der Waals surface area contributed by atoms with Crippen LogP contribution in [0.15, 0.2) is 36.5 Å². The molecule has 1 atom stereocenters. The van der Waals surface area contributed by atoms with Gasteiger partial charge in [0.05, 0.1) is 0 Å². The number of hydrogen-bond acceptors (Lipinski definition) is 4. The van der Waals surface area contributed by atoms with E-state index in [0.29, 0.717) is 17.0 Å². The van der Waals surface area contributed by atoms with Crippen LogP contribution in [0, 0.1) is 9.39 Å². The van der Waals surface area contributed by atoms with Gasteiger partial charge in [-0.25, -0.2) is 0 Å². The normalized spacial score (nSPS) is 15.6. The van der Waals surface area contributed by atoms with Crippen LogP contribution in [-0.2, 0) is 3.07 Å². The molecule has 8 heteroatoms. The Morgan fingerprint density at radius 2 is 2.19 bits per heavy atom. The molecule has 0 fully saturated rings. The van der Waals surface area contributed by atoms with Gasteiger partial charge in [-0.3, -0.25) is 0 Å². The molecule has 0 spiro atoms. The number of H-pyrrole nitrogens is 1. The van der Waals surface area contributed by atoms with Gasteiger partial charge in [0.25, 0.3) is 0 Å². The number of aromatic nitrogens is 3. The van der Waals surface area contributed by atoms with Crippen molar-refractivity contribution in [2.24, 2.45) is 0 Å². The van der Waals surface area contributed by atoms with E-state index in [2.05, 4.69) is 20.5 Å². The molecule has 0 aliphatic rings. The first-order valence-electron chi connectivity index (χ1n) is 5.95. The van der Waals surface area contributed by atoms with Crippen LogP contribution in [0.2, 0.25) is 0 Å². The quantitative estimate of drug-likeness (QED) is 0.463. The maximum absolute atomic E-state index is 13.6. The van der Waals surface area contributed by atoms with Crippen molar-refractivity contribution in [3.63, 3.8) is 0 Å². The Kier molecular flexibility index (Phi) is 3.41. The number of hydrogen-bond donors (Lipinski definition) is 3. The summed E-state index contributed by atoms with van der Waals surface area (Å²) in [4.78, 5) is 5.36. The zero-order chi connectivity index (χ0) is 15.0. The average Bonchev–Trinajstić information content (AvgIpc) is 2.83. The number of pyridine rings is 1. The Labute approximate surface area is 123 Å². The Hall–Kier alpha value is -1.94. The molecule has 2 heterocycles. The molecule has 1 unspecified atom stereocenters. The van der Waals surface area contributed by atoms with Crippen molar-refractivity contribution in [1.82, 2.24) is 15.2 Å². The fraction of sp³-hybridized carbons (Fsp3) is 0.0769. The van der Waals surface area contributed by atoms with Gasteiger partial charge in [-0.2, -0.15) is 0 Å². The second kappa shape index (κ2) is 5.11. The van der Waals surface area contributed by atoms with Crippen LogP contribution in [0.4, 0.5) is 15.9 Å². The SMILES string of the molecule is CI(=O)(O)c1cc(Nc2n[nH]c3cccnc23)ccc1F. The average molecular weight is 402 g/mol. The molecular weight excluding hydrogens is 390 g/mol. The van der Waals surface area contributed by atoms with Crippen LogP contribution < -0.4 is 5.32 Å². The van der Waals surface area contributed by atoms with Crippen molar-refractivity contribution < 1.29 is 10.9 Å². The predicted molar refractivity (Wildman–Crippen MR) is 85.1 cm³/mol. The fourth-order valence-electron chi connectivity index (χ4n) is 1.92. The number of benzene rings is 1. The van der Waals surface area contributed by atoms with Gasteiger partial charge < -0.3 is 0 Å². The molecule has 0 bridgehead atoms. The number of anilines is 2. The topological polar surface area (TPSA) is 90.9 Å². The molecule has 110 valence electrons. The second-order valence-corrected chi connectivity index (χ2v) is 9.87. The Balaban J connectivity index is 2.01. The standard InChI is InChI=1S/C13H12FIN4O2/c1-15(20,21)10-7-8(4-5-9(10)14)17-13-12-11(18-19-13)3-2-6-16-12/h2-7H,1H3,(H,20,21)(H2,17,18,19). The van der Waals surface area contributed by atoms with E-state index in [1.54, 1.807) is 12.3 Å². The Morgan fingerprint density at radius 3 is 2.95 bits per heavy atom. The third-order valence-corrected chi connectivity index (χ3v) is 5.86. The molecule has 3 N–H and O–H groups in total. The minimum absolute atomic E-state index is 0.153. The van der Waals surface area contributed by atoms with Gasteiger partial charge in [-0.15, -0.1) is 0 Å². The summed E-state index contributed by atoms with van der Waals surface area (Å²) in [5, 5.41) is 9.88. The van der Waals surface area contributed by atoms with Crippen LogP contribution in [0.1, 0.15) is 0 Å². The molecule has 0 aliphatic heterocycles. The Bertz CT molecular complexity index is 858. The van der Waals surface area contributed by atoms with E-state index in [0.717, 1.165) is 11.6 Å². The summed E-state index contributed by atoms with van der Waals surface area (Å²) in [6.45, 7) is 0. The van der Waals surface area contributed by atoms with Gasteiger partial charge in [-0.05, 0) is 0 Å². The molecule has 2 aromatic heterocycles. The van der Waals surface area contributed by atoms with Crippen LogP contribution in [0.3, 0.4) is 0 Å². The minimum atomic E-state index is -4.41. The number of nitrogens with zero attached hydrogens (tertiary/aromatic N) is 2. The summed E-state index contributed by atoms with van der Waals surface area (Å²) in [7, 11) is 0. The molecule has 3 aromatic rings. The molecular formula is C13H12FIN4O2. The Morgan fingerprint density at radius 1 is 1.38 bits per heavy atom. The summed E-state index contributed by atoms with van der Waals surface area (Å²) in [5.74, 6) is -0.206. The summed E-state index contributed by atoms with van der Waals surface area (Å²) in [6, 6.07) is 7.59. The van der Waals surface area contributed by atoms with Crippen LogP contribution in [0.5, 0.6) is 0 Å². The van der Waals surface area contributed by atoms with Gasteiger partial charge in [0.2, 0.25) is 0 Å². The van der Waals surface area contributed by atoms with E-state index in [9.17, 15) is 10.9 Å². The van der Waals surface area contributed by atoms with E-state index >= 15 is 0 Å². The zero-order valence-corrected chi connectivity index (χ0v) is 13.1. The summed E-state index contributed by atoms with van der Waals surface area (Å²) in [5.41, 5.74) is 1.87. The van der Waals surface area contributed by atoms with E-state index < -0.39 is 24.7 Å². The molecule has 0 amide bonds. The number of halogens is 2. The van der Waals surface area contributed by atoms with Gasteiger partial charge in [0.15, 0.2) is 0 Å². The molecule has 0 saturated carbocycles. The van der Waals surface area contributed by atoms with Gasteiger partial charge in [0.1, 0.15) is 0 Å². The monoisotopic (exact) mass is 402 g/mol. The molecule has 1 aromatic carbocycles. The summed E-state index contributed by atoms with van der Waals surface area (Å²) >= 11 is -4.41. The first kappa shape index (κ1) is 14.0. The third-order valence-electron chi connectivity index (χ3n) is 2.88. The van der Waals surface area contributed by atoms with Crippen LogP contribution in [0.25, 0.3) is 11.0 Å². The number of aromatic amines is 1. The molecule has 0 radical (unpaired) electrons. The number of fused-ring (bicyclic) bond motifs is 1. The van der Waals surface area contributed by atoms with Crippen molar-refractivity contribution in [3.05, 3.63) is 45.9 Å². The van der Waals surface area contributed by atoms with Crippen molar-refractivity contribution in [2.45, 2.75) is 0 Å². The summed E-state index contributed by atoms with van der Waals surface area (Å²) in [6.07, 6.45) is 1.64. The number of rotatable bonds is 3. The van der Waals surface area contributed by atoms with Gasteiger partial charge in [0, 0.05) is 0 Å². The number of alkyl halides is 1. The van der Waals surface area contributed by atoms with Gasteiger partial charge >= 0.3 is 124 Å². The second-order valence-electron chi connectivity index (χ2n) is 4.47. The van der Waals surface area contributed by atoms with Crippen molar-refractivity contribution in [3.8, 4) is 0 Å². The molecule has 0 saturated heterocycles. The fourth-order valence-corrected chi connectivity index (χ4v) is 3.97. The van der Waals surface area contributed by atoms with Crippen LogP contribution >= 0.6 is 18.8 Å². The maximum atomic E-state index is 13.6. The van der Waals surface area contributed by atoms with Gasteiger partial charge in [-0.1, -0.05) is 0 Å². The van der Waals surface area contributed by atoms with E-state index in [1.807, 2.05) is 6.07 Å². The molecule has 3 rings (SSSR count). The molecule has 6 nitrogen and oxygen atoms in total. The third kappa shape index (κ3) is 2.76.